The predicted molar refractivity (Wildman–Crippen MR) is 95.5 cm³/mol. The van der Waals surface area contributed by atoms with E-state index >= 15 is 0 Å². The summed E-state index contributed by atoms with van der Waals surface area (Å²) in [6, 6.07) is 5.35. The van der Waals surface area contributed by atoms with Crippen molar-refractivity contribution in [1.82, 2.24) is 25.1 Å². The van der Waals surface area contributed by atoms with Crippen LogP contribution < -0.4 is 5.32 Å². The normalized spacial score (nSPS) is 13.6. The van der Waals surface area contributed by atoms with Crippen LogP contribution in [0.4, 0.5) is 24.9 Å². The summed E-state index contributed by atoms with van der Waals surface area (Å²) in [5.74, 6) is 0.908. The first-order chi connectivity index (χ1) is 12.5. The van der Waals surface area contributed by atoms with E-state index in [0.717, 1.165) is 36.6 Å². The third-order valence-corrected chi connectivity index (χ3v) is 4.31. The van der Waals surface area contributed by atoms with E-state index < -0.39 is 11.7 Å². The summed E-state index contributed by atoms with van der Waals surface area (Å²) in [4.78, 5) is 12.8. The van der Waals surface area contributed by atoms with Crippen molar-refractivity contribution >= 4 is 11.8 Å². The largest absolute Gasteiger partial charge is 0.417 e. The van der Waals surface area contributed by atoms with Crippen LogP contribution in [0.5, 0.6) is 0 Å². The molecule has 0 radical (unpaired) electrons. The van der Waals surface area contributed by atoms with Crippen molar-refractivity contribution in [3.8, 4) is 11.4 Å². The average molecular weight is 376 g/mol. The number of H-pyrrole nitrogens is 1. The van der Waals surface area contributed by atoms with Crippen LogP contribution in [-0.4, -0.2) is 25.1 Å². The van der Waals surface area contributed by atoms with Crippen molar-refractivity contribution in [1.29, 1.82) is 0 Å². The Bertz CT molecular complexity index is 921. The van der Waals surface area contributed by atoms with Crippen molar-refractivity contribution in [2.45, 2.75) is 39.3 Å². The molecule has 4 rings (SSSR count). The molecule has 142 valence electrons. The molecule has 27 heavy (non-hydrogen) atoms. The molecule has 0 bridgehead atoms. The number of aryl methyl sites for hydroxylation is 1. The lowest BCUT2D eigenvalue weighted by molar-refractivity contribution is -0.137. The second-order valence-corrected chi connectivity index (χ2v) is 6.03. The number of halogens is 3. The molecule has 0 aliphatic heterocycles. The average Bonchev–Trinajstić information content (AvgIpc) is 3.14. The molecule has 6 nitrogen and oxygen atoms in total. The van der Waals surface area contributed by atoms with E-state index in [0.29, 0.717) is 18.2 Å². The van der Waals surface area contributed by atoms with Crippen LogP contribution in [0.1, 0.15) is 37.1 Å². The predicted octanol–water partition coefficient (Wildman–Crippen LogP) is 4.54. The lowest BCUT2D eigenvalue weighted by Crippen LogP contribution is -2.14. The number of benzene rings is 1. The minimum absolute atomic E-state index is 0. The number of anilines is 2. The van der Waals surface area contributed by atoms with Crippen molar-refractivity contribution in [3.05, 3.63) is 47.4 Å². The smallest absolute Gasteiger partial charge is 0.309 e. The highest BCUT2D eigenvalue weighted by Gasteiger charge is 2.34. The fourth-order valence-electron chi connectivity index (χ4n) is 3.12. The SMILES string of the molecule is C.FC(F)(F)c1ccccc1-c1nc2c(c(Nc3ncn[nH]3)n1)CCCC2. The summed E-state index contributed by atoms with van der Waals surface area (Å²) >= 11 is 0. The second kappa shape index (κ2) is 7.34. The van der Waals surface area contributed by atoms with Gasteiger partial charge in [0.15, 0.2) is 5.82 Å². The van der Waals surface area contributed by atoms with Crippen molar-refractivity contribution in [2.24, 2.45) is 0 Å². The Morgan fingerprint density at radius 2 is 1.81 bits per heavy atom. The van der Waals surface area contributed by atoms with E-state index in [9.17, 15) is 13.2 Å². The van der Waals surface area contributed by atoms with Gasteiger partial charge in [0, 0.05) is 16.8 Å². The zero-order chi connectivity index (χ0) is 18.1. The molecule has 0 atom stereocenters. The molecule has 9 heteroatoms. The monoisotopic (exact) mass is 376 g/mol. The molecule has 2 N–H and O–H groups in total. The van der Waals surface area contributed by atoms with Crippen molar-refractivity contribution in [3.63, 3.8) is 0 Å². The fourth-order valence-corrected chi connectivity index (χ4v) is 3.12. The first kappa shape index (κ1) is 18.8. The highest BCUT2D eigenvalue weighted by atomic mass is 19.4. The topological polar surface area (TPSA) is 79.4 Å². The summed E-state index contributed by atoms with van der Waals surface area (Å²) in [7, 11) is 0. The maximum atomic E-state index is 13.4. The number of rotatable bonds is 3. The highest BCUT2D eigenvalue weighted by Crippen LogP contribution is 2.37. The summed E-state index contributed by atoms with van der Waals surface area (Å²) in [5, 5.41) is 9.46. The molecule has 3 aromatic rings. The minimum Gasteiger partial charge on any atom is -0.309 e. The van der Waals surface area contributed by atoms with Gasteiger partial charge in [-0.2, -0.15) is 23.3 Å². The van der Waals surface area contributed by atoms with E-state index in [1.165, 1.54) is 18.5 Å². The molecule has 0 amide bonds. The number of aromatic amines is 1. The Labute approximate surface area is 154 Å². The number of nitrogens with one attached hydrogen (secondary N) is 2. The Kier molecular flexibility index (Phi) is 5.11. The zero-order valence-corrected chi connectivity index (χ0v) is 13.6. The molecule has 1 aromatic carbocycles. The Hall–Kier alpha value is -2.97. The van der Waals surface area contributed by atoms with Gasteiger partial charge in [0.05, 0.1) is 5.56 Å². The van der Waals surface area contributed by atoms with Gasteiger partial charge in [-0.1, -0.05) is 25.6 Å². The quantitative estimate of drug-likeness (QED) is 0.702. The molecule has 2 aromatic heterocycles. The number of alkyl halides is 3. The summed E-state index contributed by atoms with van der Waals surface area (Å²) in [6.07, 6.45) is 0.285. The summed E-state index contributed by atoms with van der Waals surface area (Å²) in [6.45, 7) is 0. The number of aromatic nitrogens is 5. The second-order valence-electron chi connectivity index (χ2n) is 6.03. The van der Waals surface area contributed by atoms with E-state index in [4.69, 9.17) is 0 Å². The van der Waals surface area contributed by atoms with E-state index in [1.54, 1.807) is 6.07 Å². The lowest BCUT2D eigenvalue weighted by Gasteiger charge is -2.20. The number of nitrogens with zero attached hydrogens (tertiary/aromatic N) is 4. The first-order valence-electron chi connectivity index (χ1n) is 8.21. The van der Waals surface area contributed by atoms with Crippen LogP contribution in [-0.2, 0) is 19.0 Å². The fraction of sp³-hybridized carbons (Fsp3) is 0.333. The Morgan fingerprint density at radius 1 is 1.04 bits per heavy atom. The van der Waals surface area contributed by atoms with Crippen LogP contribution in [0.3, 0.4) is 0 Å². The van der Waals surface area contributed by atoms with Gasteiger partial charge < -0.3 is 5.32 Å². The number of hydrogen-bond donors (Lipinski definition) is 2. The van der Waals surface area contributed by atoms with Crippen LogP contribution in [0.25, 0.3) is 11.4 Å². The number of hydrogen-bond acceptors (Lipinski definition) is 5. The van der Waals surface area contributed by atoms with Gasteiger partial charge in [0.2, 0.25) is 5.95 Å². The van der Waals surface area contributed by atoms with Crippen LogP contribution in [0, 0.1) is 0 Å². The van der Waals surface area contributed by atoms with Crippen LogP contribution >= 0.6 is 0 Å². The molecular formula is C18H19F3N6. The third-order valence-electron chi connectivity index (χ3n) is 4.31. The van der Waals surface area contributed by atoms with Crippen molar-refractivity contribution < 1.29 is 13.2 Å². The van der Waals surface area contributed by atoms with E-state index in [-0.39, 0.29) is 18.8 Å². The van der Waals surface area contributed by atoms with Crippen LogP contribution in [0.2, 0.25) is 0 Å². The lowest BCUT2D eigenvalue weighted by atomic mass is 9.96. The van der Waals surface area contributed by atoms with E-state index in [2.05, 4.69) is 30.5 Å². The van der Waals surface area contributed by atoms with Gasteiger partial charge in [-0.05, 0) is 31.7 Å². The summed E-state index contributed by atoms with van der Waals surface area (Å²) in [5.41, 5.74) is 0.913. The molecule has 0 saturated carbocycles. The zero-order valence-electron chi connectivity index (χ0n) is 13.6. The molecule has 1 aliphatic carbocycles. The standard InChI is InChI=1S/C17H15F3N6.CH4/c18-17(19,20)12-7-3-1-5-10(12)14-23-13-8-4-2-6-11(13)15(24-14)25-16-21-9-22-26-16;/h1,3,5,7,9H,2,4,6,8H2,(H2,21,22,23,24,25,26);1H4. The number of fused-ring (bicyclic) bond motifs is 1. The molecule has 0 unspecified atom stereocenters. The van der Waals surface area contributed by atoms with E-state index in [1.807, 2.05) is 0 Å². The molecule has 2 heterocycles. The van der Waals surface area contributed by atoms with Crippen LogP contribution in [0.15, 0.2) is 30.6 Å². The Morgan fingerprint density at radius 3 is 2.56 bits per heavy atom. The van der Waals surface area contributed by atoms with Gasteiger partial charge in [-0.15, -0.1) is 0 Å². The molecule has 0 spiro atoms. The first-order valence-corrected chi connectivity index (χ1v) is 8.21. The molecule has 1 aliphatic rings. The van der Waals surface area contributed by atoms with Crippen molar-refractivity contribution in [2.75, 3.05) is 5.32 Å². The summed E-state index contributed by atoms with van der Waals surface area (Å²) < 4.78 is 40.2. The van der Waals surface area contributed by atoms with Gasteiger partial charge in [0.1, 0.15) is 12.1 Å². The van der Waals surface area contributed by atoms with Gasteiger partial charge in [-0.25, -0.2) is 15.1 Å². The molecular weight excluding hydrogens is 357 g/mol. The Balaban J connectivity index is 0.00000210. The minimum atomic E-state index is -4.48. The molecule has 0 fully saturated rings. The maximum absolute atomic E-state index is 13.4. The van der Waals surface area contributed by atoms with Gasteiger partial charge in [0.25, 0.3) is 0 Å². The van der Waals surface area contributed by atoms with Gasteiger partial charge >= 0.3 is 6.18 Å². The molecule has 0 saturated heterocycles. The highest BCUT2D eigenvalue weighted by molar-refractivity contribution is 5.66. The van der Waals surface area contributed by atoms with Gasteiger partial charge in [-0.3, -0.25) is 0 Å². The maximum Gasteiger partial charge on any atom is 0.417 e. The third kappa shape index (κ3) is 3.76.